The first-order valence-corrected chi connectivity index (χ1v) is 4.72. The van der Waals surface area contributed by atoms with E-state index >= 15 is 0 Å². The number of hydrogen-bond donors (Lipinski definition) is 0. The Morgan fingerprint density at radius 2 is 2.08 bits per heavy atom. The molecule has 0 amide bonds. The van der Waals surface area contributed by atoms with Gasteiger partial charge in [-0.05, 0) is 11.1 Å². The van der Waals surface area contributed by atoms with Crippen LogP contribution in [-0.4, -0.2) is 12.3 Å². The fraction of sp³-hybridized carbons (Fsp3) is 0.700. The molecule has 3 nitrogen and oxygen atoms in total. The first-order chi connectivity index (χ1) is 6.22. The van der Waals surface area contributed by atoms with E-state index in [4.69, 9.17) is 9.26 Å². The molecule has 0 bridgehead atoms. The van der Waals surface area contributed by atoms with Crippen LogP contribution in [0.25, 0.3) is 0 Å². The summed E-state index contributed by atoms with van der Waals surface area (Å²) in [7, 11) is 1.58. The summed E-state index contributed by atoms with van der Waals surface area (Å²) in [4.78, 5) is 0. The third-order valence-corrected chi connectivity index (χ3v) is 1.36. The molecule has 0 spiro atoms. The number of methoxy groups -OCH3 is 1. The van der Waals surface area contributed by atoms with Crippen molar-refractivity contribution in [1.29, 1.82) is 0 Å². The summed E-state index contributed by atoms with van der Waals surface area (Å²) in [6, 6.07) is 1.82. The van der Waals surface area contributed by atoms with Crippen LogP contribution in [0.1, 0.15) is 33.5 Å². The van der Waals surface area contributed by atoms with Crippen LogP contribution in [0.2, 0.25) is 0 Å². The molecule has 0 aromatic carbocycles. The fourth-order valence-corrected chi connectivity index (χ4v) is 0.889. The van der Waals surface area contributed by atoms with Crippen molar-refractivity contribution in [2.45, 2.75) is 34.1 Å². The molecule has 1 aromatic rings. The molecule has 0 saturated heterocycles. The molecule has 0 aliphatic carbocycles. The highest BCUT2D eigenvalue weighted by Crippen LogP contribution is 2.13. The summed E-state index contributed by atoms with van der Waals surface area (Å²) in [5.74, 6) is 2.03. The quantitative estimate of drug-likeness (QED) is 0.726. The third-order valence-electron chi connectivity index (χ3n) is 1.36. The lowest BCUT2D eigenvalue weighted by atomic mass is 10.1. The molecule has 1 heterocycles. The van der Waals surface area contributed by atoms with Crippen molar-refractivity contribution in [2.24, 2.45) is 5.92 Å². The van der Waals surface area contributed by atoms with Gasteiger partial charge in [0.05, 0.1) is 7.11 Å². The molecule has 1 rings (SSSR count). The highest BCUT2D eigenvalue weighted by Gasteiger charge is 2.04. The summed E-state index contributed by atoms with van der Waals surface area (Å²) in [5.41, 5.74) is 0. The second-order valence-electron chi connectivity index (χ2n) is 2.93. The molecule has 76 valence electrons. The Balaban J connectivity index is 0.000000671. The predicted octanol–water partition coefficient (Wildman–Crippen LogP) is 2.91. The molecular weight excluding hydrogens is 166 g/mol. The molecule has 1 aromatic heterocycles. The highest BCUT2D eigenvalue weighted by atomic mass is 16.5. The van der Waals surface area contributed by atoms with E-state index in [-0.39, 0.29) is 0 Å². The highest BCUT2D eigenvalue weighted by molar-refractivity contribution is 5.10. The van der Waals surface area contributed by atoms with Gasteiger partial charge in [-0.1, -0.05) is 27.7 Å². The molecule has 0 aliphatic rings. The van der Waals surface area contributed by atoms with Gasteiger partial charge in [-0.15, -0.1) is 0 Å². The van der Waals surface area contributed by atoms with E-state index in [2.05, 4.69) is 19.0 Å². The van der Waals surface area contributed by atoms with E-state index in [0.717, 1.165) is 12.2 Å². The summed E-state index contributed by atoms with van der Waals surface area (Å²) < 4.78 is 9.86. The zero-order valence-electron chi connectivity index (χ0n) is 9.13. The molecule has 0 N–H and O–H groups in total. The van der Waals surface area contributed by atoms with Gasteiger partial charge in [0.25, 0.3) is 5.88 Å². The van der Waals surface area contributed by atoms with E-state index in [0.29, 0.717) is 11.8 Å². The van der Waals surface area contributed by atoms with Crippen LogP contribution in [0, 0.1) is 5.92 Å². The second kappa shape index (κ2) is 6.52. The molecule has 0 saturated carbocycles. The lowest BCUT2D eigenvalue weighted by molar-refractivity contribution is 0.321. The zero-order valence-corrected chi connectivity index (χ0v) is 9.13. The van der Waals surface area contributed by atoms with Crippen LogP contribution in [0.4, 0.5) is 0 Å². The predicted molar refractivity (Wildman–Crippen MR) is 52.9 cm³/mol. The molecule has 0 aliphatic heterocycles. The molecule has 0 radical (unpaired) electrons. The van der Waals surface area contributed by atoms with Crippen molar-refractivity contribution in [3.8, 4) is 5.88 Å². The molecule has 0 atom stereocenters. The lowest BCUT2D eigenvalue weighted by Crippen LogP contribution is -1.90. The fourth-order valence-electron chi connectivity index (χ4n) is 0.889. The Morgan fingerprint density at radius 3 is 2.46 bits per heavy atom. The Labute approximate surface area is 80.1 Å². The summed E-state index contributed by atoms with van der Waals surface area (Å²) in [6.07, 6.45) is 0.913. The van der Waals surface area contributed by atoms with Crippen molar-refractivity contribution in [3.63, 3.8) is 0 Å². The minimum Gasteiger partial charge on any atom is -0.479 e. The van der Waals surface area contributed by atoms with Crippen LogP contribution in [0.5, 0.6) is 5.88 Å². The summed E-state index contributed by atoms with van der Waals surface area (Å²) in [5, 5.41) is 3.69. The number of nitrogens with zero attached hydrogens (tertiary/aromatic N) is 1. The standard InChI is InChI=1S/C8H13NO2.C2H6/c1-6(2)4-7-5-8(10-3)9-11-7;1-2/h5-6H,4H2,1-3H3;1-2H3. The average molecular weight is 185 g/mol. The van der Waals surface area contributed by atoms with Gasteiger partial charge >= 0.3 is 0 Å². The summed E-state index contributed by atoms with van der Waals surface area (Å²) >= 11 is 0. The number of rotatable bonds is 3. The van der Waals surface area contributed by atoms with E-state index in [1.807, 2.05) is 19.9 Å². The van der Waals surface area contributed by atoms with Crippen molar-refractivity contribution in [2.75, 3.05) is 7.11 Å². The van der Waals surface area contributed by atoms with E-state index in [9.17, 15) is 0 Å². The number of hydrogen-bond acceptors (Lipinski definition) is 3. The maximum absolute atomic E-state index is 4.99. The molecular formula is C10H19NO2. The summed E-state index contributed by atoms with van der Waals surface area (Å²) in [6.45, 7) is 8.27. The van der Waals surface area contributed by atoms with Crippen molar-refractivity contribution in [3.05, 3.63) is 11.8 Å². The van der Waals surface area contributed by atoms with Gasteiger partial charge in [0.15, 0.2) is 0 Å². The van der Waals surface area contributed by atoms with Gasteiger partial charge < -0.3 is 9.26 Å². The second-order valence-corrected chi connectivity index (χ2v) is 2.93. The molecule has 0 unspecified atom stereocenters. The number of ether oxygens (including phenoxy) is 1. The maximum Gasteiger partial charge on any atom is 0.254 e. The van der Waals surface area contributed by atoms with Crippen molar-refractivity contribution >= 4 is 0 Å². The Hall–Kier alpha value is -0.990. The zero-order chi connectivity index (χ0) is 10.3. The Kier molecular flexibility index (Phi) is 6.02. The van der Waals surface area contributed by atoms with Gasteiger partial charge in [-0.2, -0.15) is 0 Å². The van der Waals surface area contributed by atoms with E-state index in [1.165, 1.54) is 0 Å². The smallest absolute Gasteiger partial charge is 0.254 e. The van der Waals surface area contributed by atoms with Gasteiger partial charge in [-0.25, -0.2) is 0 Å². The minimum atomic E-state index is 0.556. The largest absolute Gasteiger partial charge is 0.479 e. The Morgan fingerprint density at radius 1 is 1.46 bits per heavy atom. The van der Waals surface area contributed by atoms with Crippen LogP contribution in [0.3, 0.4) is 0 Å². The first kappa shape index (κ1) is 12.0. The van der Waals surface area contributed by atoms with E-state index < -0.39 is 0 Å². The topological polar surface area (TPSA) is 35.3 Å². The normalized spacial score (nSPS) is 9.38. The van der Waals surface area contributed by atoms with Crippen molar-refractivity contribution < 1.29 is 9.26 Å². The van der Waals surface area contributed by atoms with Gasteiger partial charge in [-0.3, -0.25) is 0 Å². The Bertz CT molecular complexity index is 218. The molecule has 13 heavy (non-hydrogen) atoms. The van der Waals surface area contributed by atoms with Crippen LogP contribution in [0.15, 0.2) is 10.6 Å². The average Bonchev–Trinajstić information content (AvgIpc) is 2.55. The maximum atomic E-state index is 4.99. The third kappa shape index (κ3) is 4.55. The van der Waals surface area contributed by atoms with Gasteiger partial charge in [0, 0.05) is 12.5 Å². The monoisotopic (exact) mass is 185 g/mol. The SMILES string of the molecule is CC.COc1cc(CC(C)C)on1. The molecule has 0 fully saturated rings. The minimum absolute atomic E-state index is 0.556. The van der Waals surface area contributed by atoms with Crippen LogP contribution in [-0.2, 0) is 6.42 Å². The lowest BCUT2D eigenvalue weighted by Gasteiger charge is -1.96. The molecule has 3 heteroatoms. The first-order valence-electron chi connectivity index (χ1n) is 4.72. The number of aromatic nitrogens is 1. The van der Waals surface area contributed by atoms with E-state index in [1.54, 1.807) is 7.11 Å². The van der Waals surface area contributed by atoms with Crippen molar-refractivity contribution in [1.82, 2.24) is 5.16 Å². The van der Waals surface area contributed by atoms with Gasteiger partial charge in [0.1, 0.15) is 5.76 Å². The van der Waals surface area contributed by atoms with Gasteiger partial charge in [0.2, 0.25) is 0 Å². The van der Waals surface area contributed by atoms with Crippen LogP contribution >= 0.6 is 0 Å². The van der Waals surface area contributed by atoms with Crippen LogP contribution < -0.4 is 4.74 Å².